The van der Waals surface area contributed by atoms with Crippen LogP contribution >= 0.6 is 0 Å². The fourth-order valence-corrected chi connectivity index (χ4v) is 9.93. The zero-order chi connectivity index (χ0) is 61.9. The van der Waals surface area contributed by atoms with Gasteiger partial charge in [-0.2, -0.15) is 0 Å². The first kappa shape index (κ1) is 81.2. The van der Waals surface area contributed by atoms with Gasteiger partial charge >= 0.3 is 11.9 Å². The first-order valence-corrected chi connectivity index (χ1v) is 35.4. The molecular weight excluding hydrogens is 1050 g/mol. The molecule has 0 aromatic heterocycles. The minimum atomic E-state index is -1.63. The highest BCUT2D eigenvalue weighted by Gasteiger charge is 2.22. The van der Waals surface area contributed by atoms with Crippen LogP contribution in [0.15, 0.2) is 97.2 Å². The molecule has 2 atom stereocenters. The van der Waals surface area contributed by atoms with Crippen molar-refractivity contribution in [2.45, 2.75) is 322 Å². The molecule has 0 aliphatic rings. The average Bonchev–Trinajstić information content (AvgIpc) is 3.49. The molecule has 0 spiro atoms. The van der Waals surface area contributed by atoms with Crippen molar-refractivity contribution in [3.05, 3.63) is 97.2 Å². The van der Waals surface area contributed by atoms with E-state index in [0.29, 0.717) is 17.4 Å². The van der Waals surface area contributed by atoms with Gasteiger partial charge in [-0.3, -0.25) is 9.59 Å². The molecule has 85 heavy (non-hydrogen) atoms. The molecule has 2 unspecified atom stereocenters. The second-order valence-corrected chi connectivity index (χ2v) is 24.8. The summed E-state index contributed by atoms with van der Waals surface area (Å²) in [5.41, 5.74) is 0. The van der Waals surface area contributed by atoms with Gasteiger partial charge in [0, 0.05) is 12.8 Å². The Morgan fingerprint density at radius 3 is 1.00 bits per heavy atom. The number of rotatable bonds is 65. The molecule has 0 aliphatic carbocycles. The number of nitrogens with zero attached hydrogens (tertiary/aromatic N) is 1. The molecule has 0 aromatic rings. The van der Waals surface area contributed by atoms with E-state index in [4.69, 9.17) is 18.9 Å². The average molecular weight is 1190 g/mol. The lowest BCUT2D eigenvalue weighted by Crippen LogP contribution is -2.44. The first-order chi connectivity index (χ1) is 41.6. The number of allylic oxidation sites excluding steroid dienone is 16. The van der Waals surface area contributed by atoms with E-state index in [-0.39, 0.29) is 38.6 Å². The van der Waals surface area contributed by atoms with Crippen LogP contribution in [0.1, 0.15) is 309 Å². The monoisotopic (exact) mass is 1190 g/mol. The molecule has 490 valence electrons. The molecule has 0 saturated carbocycles. The maximum Gasteiger partial charge on any atom is 0.306 e. The molecule has 0 aromatic carbocycles. The van der Waals surface area contributed by atoms with E-state index in [1.165, 1.54) is 186 Å². The van der Waals surface area contributed by atoms with E-state index in [1.807, 2.05) is 21.1 Å². The Balaban J connectivity index is 3.99. The van der Waals surface area contributed by atoms with Gasteiger partial charge in [-0.25, -0.2) is 0 Å². The summed E-state index contributed by atoms with van der Waals surface area (Å²) in [6.07, 6.45) is 87.9. The number of quaternary nitrogens is 1. The quantitative estimate of drug-likeness (QED) is 0.0195. The largest absolute Gasteiger partial charge is 0.545 e. The van der Waals surface area contributed by atoms with E-state index in [1.54, 1.807) is 0 Å². The summed E-state index contributed by atoms with van der Waals surface area (Å²) in [7, 11) is 5.93. The van der Waals surface area contributed by atoms with Gasteiger partial charge < -0.3 is 33.3 Å². The van der Waals surface area contributed by atoms with E-state index < -0.39 is 24.3 Å². The van der Waals surface area contributed by atoms with Crippen LogP contribution in [-0.2, 0) is 33.3 Å². The second kappa shape index (κ2) is 66.2. The van der Waals surface area contributed by atoms with Crippen LogP contribution in [0.4, 0.5) is 0 Å². The zero-order valence-electron chi connectivity index (χ0n) is 56.0. The van der Waals surface area contributed by atoms with E-state index >= 15 is 0 Å². The molecular formula is C76H133NO8. The van der Waals surface area contributed by atoms with Gasteiger partial charge in [-0.15, -0.1) is 0 Å². The predicted octanol–water partition coefficient (Wildman–Crippen LogP) is 20.7. The number of esters is 2. The summed E-state index contributed by atoms with van der Waals surface area (Å²) in [5, 5.41) is 11.8. The summed E-state index contributed by atoms with van der Waals surface area (Å²) in [4.78, 5) is 37.4. The van der Waals surface area contributed by atoms with Gasteiger partial charge in [0.15, 0.2) is 12.4 Å². The maximum atomic E-state index is 12.9. The summed E-state index contributed by atoms with van der Waals surface area (Å²) >= 11 is 0. The molecule has 0 rings (SSSR count). The van der Waals surface area contributed by atoms with Crippen LogP contribution in [0.2, 0.25) is 0 Å². The van der Waals surface area contributed by atoms with Crippen molar-refractivity contribution >= 4 is 17.9 Å². The third kappa shape index (κ3) is 67.6. The molecule has 0 fully saturated rings. The van der Waals surface area contributed by atoms with Crippen LogP contribution < -0.4 is 5.11 Å². The lowest BCUT2D eigenvalue weighted by Gasteiger charge is -2.26. The van der Waals surface area contributed by atoms with Crippen LogP contribution in [0.3, 0.4) is 0 Å². The predicted molar refractivity (Wildman–Crippen MR) is 361 cm³/mol. The number of carboxylic acids is 1. The summed E-state index contributed by atoms with van der Waals surface area (Å²) in [5.74, 6) is -2.29. The standard InChI is InChI=1S/C76H133NO8/c1-6-8-10-12-14-16-18-20-22-24-26-27-28-29-30-31-32-33-34-35-36-37-38-39-40-41-42-43-44-45-46-47-49-51-53-55-57-59-61-63-65-67-74(79)85-72(71-84-76(75(80)81)82-69-68-77(3,4)5)70-83-73(78)66-64-62-60-58-56-54-52-50-48-25-23-21-19-17-15-13-11-9-7-2/h8,10,14-17,20-23,26-27,29-30,48,50,72,76H,6-7,9,11-13,18-19,24-25,28,31-47,49,51-71H2,1-5H3/b10-8-,16-14-,17-15-,22-20-,23-21-,27-26-,30-29-,50-48-. The van der Waals surface area contributed by atoms with Crippen LogP contribution in [0.25, 0.3) is 0 Å². The van der Waals surface area contributed by atoms with Gasteiger partial charge in [-0.1, -0.05) is 297 Å². The van der Waals surface area contributed by atoms with E-state index in [2.05, 4.69) is 111 Å². The van der Waals surface area contributed by atoms with E-state index in [0.717, 1.165) is 89.9 Å². The van der Waals surface area contributed by atoms with Crippen LogP contribution in [-0.4, -0.2) is 82.3 Å². The summed E-state index contributed by atoms with van der Waals surface area (Å²) < 4.78 is 22.8. The van der Waals surface area contributed by atoms with Gasteiger partial charge in [0.25, 0.3) is 0 Å². The molecule has 9 nitrogen and oxygen atoms in total. The number of aliphatic carboxylic acids is 1. The molecule has 0 N–H and O–H groups in total. The Morgan fingerprint density at radius 2 is 0.671 bits per heavy atom. The second-order valence-electron chi connectivity index (χ2n) is 24.8. The van der Waals surface area contributed by atoms with Gasteiger partial charge in [0.2, 0.25) is 0 Å². The number of carbonyl (C=O) groups is 3. The normalized spacial score (nSPS) is 13.3. The lowest BCUT2D eigenvalue weighted by atomic mass is 10.0. The van der Waals surface area contributed by atoms with Crippen LogP contribution in [0.5, 0.6) is 0 Å². The number of hydrogen-bond acceptors (Lipinski definition) is 8. The number of carbonyl (C=O) groups excluding carboxylic acids is 3. The fourth-order valence-electron chi connectivity index (χ4n) is 9.93. The highest BCUT2D eigenvalue weighted by molar-refractivity contribution is 5.70. The number of likely N-dealkylation sites (N-methyl/N-ethyl adjacent to an activating group) is 1. The lowest BCUT2D eigenvalue weighted by molar-refractivity contribution is -0.870. The minimum absolute atomic E-state index is 0.144. The number of hydrogen-bond donors (Lipinski definition) is 0. The molecule has 0 bridgehead atoms. The maximum absolute atomic E-state index is 12.9. The van der Waals surface area contributed by atoms with Crippen molar-refractivity contribution in [2.75, 3.05) is 47.5 Å². The van der Waals surface area contributed by atoms with Crippen LogP contribution in [0, 0.1) is 0 Å². The smallest absolute Gasteiger partial charge is 0.306 e. The Labute approximate surface area is 524 Å². The highest BCUT2D eigenvalue weighted by Crippen LogP contribution is 2.18. The zero-order valence-corrected chi connectivity index (χ0v) is 56.0. The highest BCUT2D eigenvalue weighted by atomic mass is 16.7. The third-order valence-electron chi connectivity index (χ3n) is 15.3. The SMILES string of the molecule is CC/C=C\C/C=C\C/C=C\C/C=C\C/C=C\CCCCCCCCCCCCCCCCCCCCCCCCCCCC(=O)OC(COC(=O)CCCCCCCC/C=C\C/C=C\C/C=C\CCCCC)COC(OCC[N+](C)(C)C)C(=O)[O-]. The van der Waals surface area contributed by atoms with Crippen molar-refractivity contribution in [3.8, 4) is 0 Å². The molecule has 9 heteroatoms. The van der Waals surface area contributed by atoms with Crippen molar-refractivity contribution in [2.24, 2.45) is 0 Å². The molecule has 0 saturated heterocycles. The Kier molecular flexibility index (Phi) is 63.2. The van der Waals surface area contributed by atoms with Gasteiger partial charge in [0.05, 0.1) is 40.3 Å². The molecule has 0 radical (unpaired) electrons. The first-order valence-electron chi connectivity index (χ1n) is 35.4. The van der Waals surface area contributed by atoms with Crippen molar-refractivity contribution in [3.63, 3.8) is 0 Å². The number of carboxylic acid groups (broad SMARTS) is 1. The van der Waals surface area contributed by atoms with Crippen molar-refractivity contribution < 1.29 is 42.9 Å². The number of ether oxygens (including phenoxy) is 4. The van der Waals surface area contributed by atoms with Gasteiger partial charge in [-0.05, 0) is 96.3 Å². The van der Waals surface area contributed by atoms with E-state index in [9.17, 15) is 19.5 Å². The van der Waals surface area contributed by atoms with Crippen molar-refractivity contribution in [1.82, 2.24) is 0 Å². The summed E-state index contributed by atoms with van der Waals surface area (Å²) in [6.45, 7) is 4.62. The fraction of sp³-hybridized carbons (Fsp3) is 0.750. The Hall–Kier alpha value is -3.79. The summed E-state index contributed by atoms with van der Waals surface area (Å²) in [6, 6.07) is 0. The minimum Gasteiger partial charge on any atom is -0.545 e. The number of unbranched alkanes of at least 4 members (excludes halogenated alkanes) is 34. The van der Waals surface area contributed by atoms with Gasteiger partial charge in [0.1, 0.15) is 13.2 Å². The molecule has 0 aliphatic heterocycles. The topological polar surface area (TPSA) is 111 Å². The third-order valence-corrected chi connectivity index (χ3v) is 15.3. The molecule has 0 heterocycles. The van der Waals surface area contributed by atoms with Crippen molar-refractivity contribution in [1.29, 1.82) is 0 Å². The Bertz CT molecular complexity index is 1720. The molecule has 0 amide bonds. The Morgan fingerprint density at radius 1 is 0.365 bits per heavy atom.